The van der Waals surface area contributed by atoms with Crippen LogP contribution in [0.2, 0.25) is 0 Å². The molecular weight excluding hydrogens is 302 g/mol. The molecule has 1 aliphatic heterocycles. The number of piperidine rings is 1. The standard InChI is InChI=1S/C24H23N/c1-3-7-18(8-4-1)17-25-14-13-21-16-24(25)23-15-20(11-12-22(21)23)19-9-5-2-6-10-19/h1-12,15,21,24H,13-14,16-17H2/t21-,24-/m1/s1. The lowest BCUT2D eigenvalue weighted by molar-refractivity contribution is 0.145. The van der Waals surface area contributed by atoms with E-state index in [0.29, 0.717) is 6.04 Å². The summed E-state index contributed by atoms with van der Waals surface area (Å²) in [4.78, 5) is 2.69. The van der Waals surface area contributed by atoms with E-state index in [9.17, 15) is 0 Å². The van der Waals surface area contributed by atoms with Gasteiger partial charge in [0.2, 0.25) is 0 Å². The van der Waals surface area contributed by atoms with E-state index in [4.69, 9.17) is 0 Å². The monoisotopic (exact) mass is 325 g/mol. The Labute approximate surface area is 149 Å². The molecule has 0 amide bonds. The van der Waals surface area contributed by atoms with Crippen molar-refractivity contribution in [2.45, 2.75) is 31.3 Å². The van der Waals surface area contributed by atoms with Gasteiger partial charge in [-0.25, -0.2) is 0 Å². The number of nitrogens with zero attached hydrogens (tertiary/aromatic N) is 1. The van der Waals surface area contributed by atoms with Crippen molar-refractivity contribution >= 4 is 0 Å². The molecular formula is C24H23N. The Bertz CT molecular complexity index is 869. The van der Waals surface area contributed by atoms with Crippen LogP contribution in [0.25, 0.3) is 11.1 Å². The summed E-state index contributed by atoms with van der Waals surface area (Å²) in [7, 11) is 0. The fourth-order valence-corrected chi connectivity index (χ4v) is 4.67. The molecule has 3 aromatic carbocycles. The van der Waals surface area contributed by atoms with E-state index in [0.717, 1.165) is 12.5 Å². The second-order valence-corrected chi connectivity index (χ2v) is 7.40. The second-order valence-electron chi connectivity index (χ2n) is 7.40. The predicted molar refractivity (Wildman–Crippen MR) is 103 cm³/mol. The molecule has 0 aromatic heterocycles. The van der Waals surface area contributed by atoms with E-state index in [1.54, 1.807) is 11.1 Å². The molecule has 1 aliphatic carbocycles. The molecule has 5 rings (SSSR count). The molecule has 1 fully saturated rings. The van der Waals surface area contributed by atoms with Gasteiger partial charge < -0.3 is 0 Å². The Kier molecular flexibility index (Phi) is 3.68. The molecule has 25 heavy (non-hydrogen) atoms. The fourth-order valence-electron chi connectivity index (χ4n) is 4.67. The van der Waals surface area contributed by atoms with Gasteiger partial charge in [-0.2, -0.15) is 0 Å². The average Bonchev–Trinajstić information content (AvgIpc) is 2.98. The van der Waals surface area contributed by atoms with Crippen LogP contribution in [0, 0.1) is 0 Å². The van der Waals surface area contributed by atoms with E-state index >= 15 is 0 Å². The largest absolute Gasteiger partial charge is 0.292 e. The summed E-state index contributed by atoms with van der Waals surface area (Å²) in [5.74, 6) is 0.761. The van der Waals surface area contributed by atoms with Gasteiger partial charge in [0.25, 0.3) is 0 Å². The zero-order valence-corrected chi connectivity index (χ0v) is 14.4. The van der Waals surface area contributed by atoms with Crippen molar-refractivity contribution < 1.29 is 0 Å². The first-order valence-electron chi connectivity index (χ1n) is 9.36. The van der Waals surface area contributed by atoms with Gasteiger partial charge in [0.05, 0.1) is 0 Å². The molecule has 1 saturated heterocycles. The summed E-state index contributed by atoms with van der Waals surface area (Å²) < 4.78 is 0. The van der Waals surface area contributed by atoms with Gasteiger partial charge in [-0.15, -0.1) is 0 Å². The number of likely N-dealkylation sites (tertiary alicyclic amines) is 1. The Morgan fingerprint density at radius 2 is 1.52 bits per heavy atom. The summed E-state index contributed by atoms with van der Waals surface area (Å²) >= 11 is 0. The Hall–Kier alpha value is -2.38. The number of hydrogen-bond donors (Lipinski definition) is 0. The van der Waals surface area contributed by atoms with Gasteiger partial charge in [0.1, 0.15) is 0 Å². The molecule has 2 atom stereocenters. The number of benzene rings is 3. The first kappa shape index (κ1) is 14.9. The predicted octanol–water partition coefficient (Wildman–Crippen LogP) is 5.79. The smallest absolute Gasteiger partial charge is 0.0360 e. The minimum atomic E-state index is 0.581. The van der Waals surface area contributed by atoms with Crippen molar-refractivity contribution in [1.29, 1.82) is 0 Å². The zero-order chi connectivity index (χ0) is 16.6. The molecule has 0 spiro atoms. The summed E-state index contributed by atoms with van der Waals surface area (Å²) in [6.07, 6.45) is 2.58. The van der Waals surface area contributed by atoms with Crippen molar-refractivity contribution in [2.75, 3.05) is 6.54 Å². The first-order valence-corrected chi connectivity index (χ1v) is 9.36. The van der Waals surface area contributed by atoms with Crippen LogP contribution >= 0.6 is 0 Å². The van der Waals surface area contributed by atoms with Crippen LogP contribution < -0.4 is 0 Å². The lowest BCUT2D eigenvalue weighted by Gasteiger charge is -2.33. The molecule has 0 radical (unpaired) electrons. The number of hydrogen-bond acceptors (Lipinski definition) is 1. The molecule has 1 nitrogen and oxygen atoms in total. The van der Waals surface area contributed by atoms with Crippen molar-refractivity contribution in [2.24, 2.45) is 0 Å². The normalized spacial score (nSPS) is 21.9. The maximum absolute atomic E-state index is 2.69. The third kappa shape index (κ3) is 2.69. The Balaban J connectivity index is 1.49. The second kappa shape index (κ2) is 6.16. The fraction of sp³-hybridized carbons (Fsp3) is 0.250. The van der Waals surface area contributed by atoms with Gasteiger partial charge in [0.15, 0.2) is 0 Å². The summed E-state index contributed by atoms with van der Waals surface area (Å²) in [6, 6.07) is 29.4. The lowest BCUT2D eigenvalue weighted by Crippen LogP contribution is -2.31. The minimum absolute atomic E-state index is 0.581. The zero-order valence-electron chi connectivity index (χ0n) is 14.4. The highest BCUT2D eigenvalue weighted by Gasteiger charge is 2.38. The van der Waals surface area contributed by atoms with Gasteiger partial charge in [-0.3, -0.25) is 4.90 Å². The molecule has 0 saturated carbocycles. The van der Waals surface area contributed by atoms with Crippen molar-refractivity contribution in [3.63, 3.8) is 0 Å². The highest BCUT2D eigenvalue weighted by molar-refractivity contribution is 5.66. The van der Waals surface area contributed by atoms with Crippen LogP contribution in [-0.2, 0) is 6.54 Å². The molecule has 0 N–H and O–H groups in total. The molecule has 2 aliphatic rings. The maximum atomic E-state index is 2.69. The average molecular weight is 325 g/mol. The van der Waals surface area contributed by atoms with E-state index < -0.39 is 0 Å². The molecule has 1 heteroatoms. The summed E-state index contributed by atoms with van der Waals surface area (Å²) in [5.41, 5.74) is 7.27. The van der Waals surface area contributed by atoms with Gasteiger partial charge >= 0.3 is 0 Å². The van der Waals surface area contributed by atoms with E-state index in [2.05, 4.69) is 83.8 Å². The van der Waals surface area contributed by atoms with Gasteiger partial charge in [-0.1, -0.05) is 72.8 Å². The maximum Gasteiger partial charge on any atom is 0.0360 e. The van der Waals surface area contributed by atoms with Crippen LogP contribution in [0.1, 0.15) is 41.5 Å². The van der Waals surface area contributed by atoms with E-state index in [1.165, 1.54) is 36.1 Å². The van der Waals surface area contributed by atoms with Gasteiger partial charge in [-0.05, 0) is 59.2 Å². The van der Waals surface area contributed by atoms with Crippen LogP contribution in [-0.4, -0.2) is 11.4 Å². The highest BCUT2D eigenvalue weighted by atomic mass is 15.2. The molecule has 2 bridgehead atoms. The number of fused-ring (bicyclic) bond motifs is 5. The molecule has 3 aromatic rings. The third-order valence-electron chi connectivity index (χ3n) is 5.93. The van der Waals surface area contributed by atoms with Crippen LogP contribution in [0.4, 0.5) is 0 Å². The lowest BCUT2D eigenvalue weighted by atomic mass is 9.94. The van der Waals surface area contributed by atoms with Crippen molar-refractivity contribution in [3.05, 3.63) is 95.6 Å². The van der Waals surface area contributed by atoms with Crippen LogP contribution in [0.15, 0.2) is 78.9 Å². The van der Waals surface area contributed by atoms with Crippen molar-refractivity contribution in [1.82, 2.24) is 4.90 Å². The quantitative estimate of drug-likeness (QED) is 0.589. The topological polar surface area (TPSA) is 3.24 Å². The Morgan fingerprint density at radius 3 is 2.32 bits per heavy atom. The SMILES string of the molecule is c1ccc(CN2CC[C@@H]3C[C@@H]2c2cc(-c4ccccc4)ccc23)cc1. The highest BCUT2D eigenvalue weighted by Crippen LogP contribution is 2.50. The molecule has 124 valence electrons. The summed E-state index contributed by atoms with van der Waals surface area (Å²) in [5, 5.41) is 0. The minimum Gasteiger partial charge on any atom is -0.292 e. The third-order valence-corrected chi connectivity index (χ3v) is 5.93. The molecule has 0 unspecified atom stereocenters. The molecule has 1 heterocycles. The van der Waals surface area contributed by atoms with Crippen molar-refractivity contribution in [3.8, 4) is 11.1 Å². The van der Waals surface area contributed by atoms with E-state index in [-0.39, 0.29) is 0 Å². The Morgan fingerprint density at radius 1 is 0.760 bits per heavy atom. The number of rotatable bonds is 3. The summed E-state index contributed by atoms with van der Waals surface area (Å²) in [6.45, 7) is 2.27. The van der Waals surface area contributed by atoms with Crippen LogP contribution in [0.5, 0.6) is 0 Å². The van der Waals surface area contributed by atoms with Crippen LogP contribution in [0.3, 0.4) is 0 Å². The van der Waals surface area contributed by atoms with E-state index in [1.807, 2.05) is 0 Å². The van der Waals surface area contributed by atoms with Gasteiger partial charge in [0, 0.05) is 12.6 Å². The first-order chi connectivity index (χ1) is 12.4.